The van der Waals surface area contributed by atoms with Crippen LogP contribution < -0.4 is 5.73 Å². The summed E-state index contributed by atoms with van der Waals surface area (Å²) < 4.78 is 1.77. The molecule has 0 radical (unpaired) electrons. The molecule has 0 unspecified atom stereocenters. The van der Waals surface area contributed by atoms with E-state index in [2.05, 4.69) is 4.98 Å². The van der Waals surface area contributed by atoms with Crippen LogP contribution in [0.25, 0.3) is 11.0 Å². The predicted molar refractivity (Wildman–Crippen MR) is 74.6 cm³/mol. The average Bonchev–Trinajstić information content (AvgIpc) is 2.62. The lowest BCUT2D eigenvalue weighted by Gasteiger charge is -2.28. The van der Waals surface area contributed by atoms with Gasteiger partial charge in [-0.05, 0) is 32.9 Å². The number of primary amides is 1. The maximum absolute atomic E-state index is 11.4. The highest BCUT2D eigenvalue weighted by molar-refractivity contribution is 6.01. The number of amides is 1. The molecule has 2 rings (SSSR count). The Morgan fingerprint density at radius 1 is 1.40 bits per heavy atom. The first-order chi connectivity index (χ1) is 9.24. The molecule has 1 amide bonds. The van der Waals surface area contributed by atoms with Crippen LogP contribution >= 0.6 is 0 Å². The zero-order valence-electron chi connectivity index (χ0n) is 11.7. The molecule has 1 aromatic carbocycles. The van der Waals surface area contributed by atoms with Crippen molar-refractivity contribution in [1.29, 1.82) is 0 Å². The first kappa shape index (κ1) is 14.0. The van der Waals surface area contributed by atoms with Crippen molar-refractivity contribution in [2.75, 3.05) is 0 Å². The summed E-state index contributed by atoms with van der Waals surface area (Å²) in [6.07, 6.45) is 0.104. The number of nitrogens with two attached hydrogens (primary N) is 1. The van der Waals surface area contributed by atoms with E-state index in [0.29, 0.717) is 16.9 Å². The molecule has 0 saturated carbocycles. The molecular weight excluding hydrogens is 258 g/mol. The average molecular weight is 275 g/mol. The molecule has 0 aliphatic rings. The quantitative estimate of drug-likeness (QED) is 0.886. The van der Waals surface area contributed by atoms with Crippen LogP contribution in [0.1, 0.15) is 36.5 Å². The summed E-state index contributed by atoms with van der Waals surface area (Å²) in [4.78, 5) is 27.0. The second-order valence-electron chi connectivity index (χ2n) is 5.43. The Morgan fingerprint density at radius 2 is 2.05 bits per heavy atom. The third-order valence-corrected chi connectivity index (χ3v) is 3.29. The van der Waals surface area contributed by atoms with E-state index >= 15 is 0 Å². The van der Waals surface area contributed by atoms with E-state index in [-0.39, 0.29) is 12.0 Å². The van der Waals surface area contributed by atoms with Gasteiger partial charge in [0.05, 0.1) is 16.6 Å². The number of nitrogens with zero attached hydrogens (tertiary/aromatic N) is 2. The van der Waals surface area contributed by atoms with Crippen molar-refractivity contribution in [3.63, 3.8) is 0 Å². The van der Waals surface area contributed by atoms with Crippen LogP contribution in [-0.2, 0) is 10.3 Å². The van der Waals surface area contributed by atoms with Gasteiger partial charge in [0.25, 0.3) is 0 Å². The lowest BCUT2D eigenvalue weighted by molar-refractivity contribution is -0.119. The molecule has 20 heavy (non-hydrogen) atoms. The number of benzene rings is 1. The van der Waals surface area contributed by atoms with E-state index in [4.69, 9.17) is 5.73 Å². The number of carboxylic acids is 1. The van der Waals surface area contributed by atoms with Gasteiger partial charge in [-0.1, -0.05) is 6.07 Å². The molecule has 6 heteroatoms. The number of aryl methyl sites for hydroxylation is 1. The summed E-state index contributed by atoms with van der Waals surface area (Å²) in [7, 11) is 0. The number of carbonyl (C=O) groups excluding carboxylic acids is 1. The summed E-state index contributed by atoms with van der Waals surface area (Å²) >= 11 is 0. The van der Waals surface area contributed by atoms with Gasteiger partial charge in [0, 0.05) is 12.0 Å². The number of rotatable bonds is 4. The van der Waals surface area contributed by atoms with Crippen molar-refractivity contribution in [2.45, 2.75) is 32.7 Å². The molecule has 2 aromatic rings. The molecule has 106 valence electrons. The minimum atomic E-state index is -1.02. The van der Waals surface area contributed by atoms with E-state index in [1.165, 1.54) is 6.07 Å². The van der Waals surface area contributed by atoms with Gasteiger partial charge in [-0.25, -0.2) is 9.78 Å². The van der Waals surface area contributed by atoms with Crippen LogP contribution in [0.15, 0.2) is 18.2 Å². The summed E-state index contributed by atoms with van der Waals surface area (Å²) in [5, 5.41) is 9.33. The Bertz CT molecular complexity index is 701. The van der Waals surface area contributed by atoms with Gasteiger partial charge in [0.2, 0.25) is 5.91 Å². The van der Waals surface area contributed by atoms with E-state index in [0.717, 1.165) is 0 Å². The second-order valence-corrected chi connectivity index (χ2v) is 5.43. The molecule has 0 fully saturated rings. The minimum Gasteiger partial charge on any atom is -0.478 e. The molecule has 0 atom stereocenters. The fourth-order valence-corrected chi connectivity index (χ4v) is 2.66. The number of carboxylic acid groups (broad SMARTS) is 1. The van der Waals surface area contributed by atoms with Crippen LogP contribution in [-0.4, -0.2) is 26.5 Å². The number of hydrogen-bond donors (Lipinski definition) is 2. The third-order valence-electron chi connectivity index (χ3n) is 3.29. The molecule has 0 spiro atoms. The maximum Gasteiger partial charge on any atom is 0.337 e. The number of carbonyl (C=O) groups is 2. The Hall–Kier alpha value is -2.37. The zero-order chi connectivity index (χ0) is 15.1. The predicted octanol–water partition coefficient (Wildman–Crippen LogP) is 1.65. The molecule has 6 nitrogen and oxygen atoms in total. The summed E-state index contributed by atoms with van der Waals surface area (Å²) in [5.41, 5.74) is 5.93. The third kappa shape index (κ3) is 2.24. The lowest BCUT2D eigenvalue weighted by atomic mass is 9.98. The highest BCUT2D eigenvalue weighted by atomic mass is 16.4. The van der Waals surface area contributed by atoms with Crippen LogP contribution in [0.4, 0.5) is 0 Å². The Morgan fingerprint density at radius 3 is 2.60 bits per heavy atom. The Labute approximate surface area is 116 Å². The molecule has 0 aliphatic carbocycles. The first-order valence-electron chi connectivity index (χ1n) is 6.24. The van der Waals surface area contributed by atoms with Crippen molar-refractivity contribution in [3.8, 4) is 0 Å². The van der Waals surface area contributed by atoms with Crippen molar-refractivity contribution in [3.05, 3.63) is 29.6 Å². The summed E-state index contributed by atoms with van der Waals surface area (Å²) in [5.74, 6) is -0.810. The largest absolute Gasteiger partial charge is 0.478 e. The highest BCUT2D eigenvalue weighted by Gasteiger charge is 2.28. The molecule has 1 heterocycles. The summed E-state index contributed by atoms with van der Waals surface area (Å²) in [6, 6.07) is 4.94. The number of imidazole rings is 1. The van der Waals surface area contributed by atoms with Gasteiger partial charge in [0.15, 0.2) is 0 Å². The van der Waals surface area contributed by atoms with Crippen LogP contribution in [0, 0.1) is 6.92 Å². The molecule has 0 aliphatic heterocycles. The van der Waals surface area contributed by atoms with E-state index in [9.17, 15) is 14.7 Å². The zero-order valence-corrected chi connectivity index (χ0v) is 11.7. The topological polar surface area (TPSA) is 98.2 Å². The van der Waals surface area contributed by atoms with Crippen molar-refractivity contribution >= 4 is 22.9 Å². The standard InChI is InChI=1S/C14H17N3O3/c1-8-16-10-6-4-5-9(13(19)20)12(10)17(8)14(2,3)7-11(15)18/h4-6H,7H2,1-3H3,(H2,15,18)(H,19,20). The van der Waals surface area contributed by atoms with Gasteiger partial charge < -0.3 is 15.4 Å². The number of aromatic carboxylic acids is 1. The van der Waals surface area contributed by atoms with Gasteiger partial charge in [-0.2, -0.15) is 0 Å². The number of aromatic nitrogens is 2. The van der Waals surface area contributed by atoms with Crippen LogP contribution in [0.2, 0.25) is 0 Å². The highest BCUT2D eigenvalue weighted by Crippen LogP contribution is 2.29. The van der Waals surface area contributed by atoms with Crippen molar-refractivity contribution < 1.29 is 14.7 Å². The normalized spacial score (nSPS) is 11.8. The number of para-hydroxylation sites is 1. The monoisotopic (exact) mass is 275 g/mol. The molecule has 3 N–H and O–H groups in total. The van der Waals surface area contributed by atoms with Gasteiger partial charge >= 0.3 is 5.97 Å². The Balaban J connectivity index is 2.78. The van der Waals surface area contributed by atoms with Crippen molar-refractivity contribution in [1.82, 2.24) is 9.55 Å². The Kier molecular flexibility index (Phi) is 3.25. The van der Waals surface area contributed by atoms with Gasteiger partial charge in [-0.3, -0.25) is 4.79 Å². The van der Waals surface area contributed by atoms with Crippen LogP contribution in [0.3, 0.4) is 0 Å². The van der Waals surface area contributed by atoms with Crippen molar-refractivity contribution in [2.24, 2.45) is 5.73 Å². The van der Waals surface area contributed by atoms with Crippen LogP contribution in [0.5, 0.6) is 0 Å². The molecule has 1 aromatic heterocycles. The molecule has 0 saturated heterocycles. The number of hydrogen-bond acceptors (Lipinski definition) is 3. The maximum atomic E-state index is 11.4. The molecular formula is C14H17N3O3. The SMILES string of the molecule is Cc1nc2cccc(C(=O)O)c2n1C(C)(C)CC(N)=O. The fraction of sp³-hybridized carbons (Fsp3) is 0.357. The minimum absolute atomic E-state index is 0.104. The van der Waals surface area contributed by atoms with E-state index in [1.54, 1.807) is 23.6 Å². The van der Waals surface area contributed by atoms with Gasteiger partial charge in [0.1, 0.15) is 5.82 Å². The van der Waals surface area contributed by atoms with Gasteiger partial charge in [-0.15, -0.1) is 0 Å². The lowest BCUT2D eigenvalue weighted by Crippen LogP contribution is -2.33. The first-order valence-corrected chi connectivity index (χ1v) is 6.24. The fourth-order valence-electron chi connectivity index (χ4n) is 2.66. The van der Waals surface area contributed by atoms with E-state index < -0.39 is 17.4 Å². The van der Waals surface area contributed by atoms with E-state index in [1.807, 2.05) is 13.8 Å². The smallest absolute Gasteiger partial charge is 0.337 e. The summed E-state index contributed by atoms with van der Waals surface area (Å²) in [6.45, 7) is 5.46. The number of fused-ring (bicyclic) bond motifs is 1. The second kappa shape index (κ2) is 4.63. The molecule has 0 bridgehead atoms.